The van der Waals surface area contributed by atoms with Crippen LogP contribution in [0.5, 0.6) is 0 Å². The molecule has 0 saturated heterocycles. The van der Waals surface area contributed by atoms with Gasteiger partial charge in [-0.15, -0.1) is 11.3 Å². The zero-order valence-corrected chi connectivity index (χ0v) is 10.4. The van der Waals surface area contributed by atoms with Crippen molar-refractivity contribution in [1.29, 1.82) is 0 Å². The molecule has 1 aliphatic rings. The molecule has 1 aromatic rings. The second kappa shape index (κ2) is 5.04. The molecule has 1 aliphatic carbocycles. The Morgan fingerprint density at radius 3 is 2.84 bits per heavy atom. The van der Waals surface area contributed by atoms with Gasteiger partial charge in [0.25, 0.3) is 0 Å². The van der Waals surface area contributed by atoms with Crippen LogP contribution in [0.1, 0.15) is 17.0 Å². The van der Waals surface area contributed by atoms with Gasteiger partial charge in [-0.2, -0.15) is 8.78 Å². The highest BCUT2D eigenvalue weighted by Gasteiger charge is 2.49. The maximum atomic E-state index is 12.8. The van der Waals surface area contributed by atoms with Gasteiger partial charge >= 0.3 is 18.3 Å². The molecule has 0 bridgehead atoms. The van der Waals surface area contributed by atoms with Crippen LogP contribution in [0.25, 0.3) is 0 Å². The Hall–Kier alpha value is -1.22. The van der Waals surface area contributed by atoms with Gasteiger partial charge in [-0.3, -0.25) is 10.1 Å². The van der Waals surface area contributed by atoms with Gasteiger partial charge in [0.15, 0.2) is 5.13 Å². The van der Waals surface area contributed by atoms with Gasteiger partial charge in [-0.25, -0.2) is 13.8 Å². The molecule has 1 heterocycles. The quantitative estimate of drug-likeness (QED) is 0.836. The van der Waals surface area contributed by atoms with Crippen molar-refractivity contribution >= 4 is 22.4 Å². The highest BCUT2D eigenvalue weighted by atomic mass is 32.1. The first-order chi connectivity index (χ1) is 8.80. The molecule has 2 rings (SSSR count). The number of halogens is 4. The van der Waals surface area contributed by atoms with Gasteiger partial charge in [-0.05, 0) is 19.3 Å². The lowest BCUT2D eigenvalue weighted by Crippen LogP contribution is -2.40. The third kappa shape index (κ3) is 2.86. The van der Waals surface area contributed by atoms with E-state index in [2.05, 4.69) is 4.98 Å². The van der Waals surface area contributed by atoms with Crippen LogP contribution in [0.2, 0.25) is 0 Å². The Morgan fingerprint density at radius 1 is 1.53 bits per heavy atom. The Labute approximate surface area is 110 Å². The smallest absolute Gasteiger partial charge is 0.327 e. The summed E-state index contributed by atoms with van der Waals surface area (Å²) in [4.78, 5) is 15.8. The molecule has 106 valence electrons. The molecule has 0 saturated carbocycles. The average molecular weight is 297 g/mol. The van der Waals surface area contributed by atoms with Gasteiger partial charge in [0.1, 0.15) is 0 Å². The number of fused-ring (bicyclic) bond motifs is 1. The number of nitrogens with one attached hydrogen (secondary N) is 1. The summed E-state index contributed by atoms with van der Waals surface area (Å²) in [5, 5.41) is 1.64. The summed E-state index contributed by atoms with van der Waals surface area (Å²) in [6.45, 7) is 0. The lowest BCUT2D eigenvalue weighted by atomic mass is 9.99. The number of carbonyl (C=O) groups is 1. The van der Waals surface area contributed by atoms with Gasteiger partial charge in [0.05, 0.1) is 5.69 Å². The molecule has 0 fully saturated rings. The van der Waals surface area contributed by atoms with Crippen LogP contribution in [0.4, 0.5) is 22.7 Å². The number of alkyl halides is 4. The lowest BCUT2D eigenvalue weighted by Gasteiger charge is -2.15. The van der Waals surface area contributed by atoms with Crippen LogP contribution < -0.4 is 11.1 Å². The topological polar surface area (TPSA) is 68.0 Å². The Kier molecular flexibility index (Phi) is 3.77. The van der Waals surface area contributed by atoms with Crippen molar-refractivity contribution < 1.29 is 22.4 Å². The van der Waals surface area contributed by atoms with E-state index in [0.29, 0.717) is 18.5 Å². The molecule has 3 N–H and O–H groups in total. The summed E-state index contributed by atoms with van der Waals surface area (Å²) < 4.78 is 49.5. The summed E-state index contributed by atoms with van der Waals surface area (Å²) in [5.41, 5.74) is 6.42. The highest BCUT2D eigenvalue weighted by molar-refractivity contribution is 7.15. The fourth-order valence-electron chi connectivity index (χ4n) is 1.73. The minimum Gasteiger partial charge on any atom is -0.327 e. The average Bonchev–Trinajstić information content (AvgIpc) is 2.69. The van der Waals surface area contributed by atoms with E-state index in [-0.39, 0.29) is 11.2 Å². The molecular weight excluding hydrogens is 286 g/mol. The van der Waals surface area contributed by atoms with Gasteiger partial charge < -0.3 is 5.73 Å². The molecule has 1 atom stereocenters. The van der Waals surface area contributed by atoms with E-state index in [1.807, 2.05) is 0 Å². The Balaban J connectivity index is 2.11. The number of nitrogens with two attached hydrogens (primary N) is 1. The lowest BCUT2D eigenvalue weighted by molar-refractivity contribution is -0.163. The first-order valence-corrected chi connectivity index (χ1v) is 6.34. The van der Waals surface area contributed by atoms with Crippen LogP contribution in [0.3, 0.4) is 0 Å². The fourth-order valence-corrected chi connectivity index (χ4v) is 2.83. The molecule has 0 radical (unpaired) electrons. The van der Waals surface area contributed by atoms with Crippen molar-refractivity contribution in [2.45, 2.75) is 37.7 Å². The zero-order valence-electron chi connectivity index (χ0n) is 9.63. The van der Waals surface area contributed by atoms with Crippen LogP contribution in [-0.2, 0) is 17.6 Å². The summed E-state index contributed by atoms with van der Waals surface area (Å²) in [6, 6.07) is -0.0287. The van der Waals surface area contributed by atoms with Crippen molar-refractivity contribution in [1.82, 2.24) is 4.98 Å². The Bertz CT molecular complexity index is 491. The molecule has 1 aromatic heterocycles. The summed E-state index contributed by atoms with van der Waals surface area (Å²) in [6.07, 6.45) is -2.19. The predicted molar refractivity (Wildman–Crippen MR) is 61.7 cm³/mol. The third-order valence-corrected chi connectivity index (χ3v) is 3.81. The van der Waals surface area contributed by atoms with Crippen molar-refractivity contribution in [3.8, 4) is 0 Å². The van der Waals surface area contributed by atoms with Crippen molar-refractivity contribution in [2.75, 3.05) is 5.32 Å². The van der Waals surface area contributed by atoms with E-state index in [1.54, 1.807) is 5.32 Å². The van der Waals surface area contributed by atoms with Crippen LogP contribution in [0.15, 0.2) is 0 Å². The van der Waals surface area contributed by atoms with E-state index < -0.39 is 18.3 Å². The second-order valence-electron chi connectivity index (χ2n) is 4.27. The highest BCUT2D eigenvalue weighted by Crippen LogP contribution is 2.31. The molecule has 0 aliphatic heterocycles. The number of anilines is 1. The third-order valence-electron chi connectivity index (χ3n) is 2.78. The molecule has 9 heteroatoms. The SMILES string of the molecule is N[C@H]1CCc2nc(NC(=O)C(F)(F)C(F)F)sc2C1. The molecule has 4 nitrogen and oxygen atoms in total. The molecule has 19 heavy (non-hydrogen) atoms. The van der Waals surface area contributed by atoms with Crippen LogP contribution in [0, 0.1) is 0 Å². The van der Waals surface area contributed by atoms with E-state index in [1.165, 1.54) is 0 Å². The standard InChI is InChI=1S/C10H11F4N3OS/c11-7(12)10(13,14)8(18)17-9-16-5-2-1-4(15)3-6(5)19-9/h4,7H,1-3,15H2,(H,16,17,18)/t4-/m0/s1. The molecule has 1 amide bonds. The summed E-state index contributed by atoms with van der Waals surface area (Å²) >= 11 is 0.994. The first kappa shape index (κ1) is 14.2. The van der Waals surface area contributed by atoms with E-state index in [9.17, 15) is 22.4 Å². The molecule has 0 spiro atoms. The molecule has 0 aromatic carbocycles. The number of aromatic nitrogens is 1. The number of aryl methyl sites for hydroxylation is 1. The first-order valence-electron chi connectivity index (χ1n) is 5.52. The minimum atomic E-state index is -4.72. The monoisotopic (exact) mass is 297 g/mol. The molecule has 0 unspecified atom stereocenters. The normalized spacial score (nSPS) is 19.4. The summed E-state index contributed by atoms with van der Waals surface area (Å²) in [7, 11) is 0. The molecular formula is C10H11F4N3OS. The van der Waals surface area contributed by atoms with Crippen LogP contribution in [-0.4, -0.2) is 29.3 Å². The number of amides is 1. The van der Waals surface area contributed by atoms with Gasteiger partial charge in [0, 0.05) is 10.9 Å². The maximum Gasteiger partial charge on any atom is 0.383 e. The van der Waals surface area contributed by atoms with Crippen molar-refractivity contribution in [3.63, 3.8) is 0 Å². The number of hydrogen-bond acceptors (Lipinski definition) is 4. The van der Waals surface area contributed by atoms with Crippen molar-refractivity contribution in [2.24, 2.45) is 5.73 Å². The zero-order chi connectivity index (χ0) is 14.2. The number of hydrogen-bond donors (Lipinski definition) is 2. The number of thiazole rings is 1. The predicted octanol–water partition coefficient (Wildman–Crippen LogP) is 1.80. The maximum absolute atomic E-state index is 12.8. The van der Waals surface area contributed by atoms with Crippen molar-refractivity contribution in [3.05, 3.63) is 10.6 Å². The second-order valence-corrected chi connectivity index (χ2v) is 5.35. The number of rotatable bonds is 3. The minimum absolute atomic E-state index is 0.0287. The van der Waals surface area contributed by atoms with Crippen LogP contribution >= 0.6 is 11.3 Å². The largest absolute Gasteiger partial charge is 0.383 e. The fraction of sp³-hybridized carbons (Fsp3) is 0.600. The number of nitrogens with zero attached hydrogens (tertiary/aromatic N) is 1. The Morgan fingerprint density at radius 2 is 2.21 bits per heavy atom. The van der Waals surface area contributed by atoms with E-state index in [0.717, 1.165) is 22.6 Å². The van der Waals surface area contributed by atoms with E-state index in [4.69, 9.17) is 5.73 Å². The van der Waals surface area contributed by atoms with Gasteiger partial charge in [-0.1, -0.05) is 0 Å². The van der Waals surface area contributed by atoms with Gasteiger partial charge in [0.2, 0.25) is 0 Å². The number of carbonyl (C=O) groups excluding carboxylic acids is 1. The summed E-state index contributed by atoms with van der Waals surface area (Å²) in [5.74, 6) is -6.76. The van der Waals surface area contributed by atoms with E-state index >= 15 is 0 Å².